The molecule has 0 N–H and O–H groups in total. The highest BCUT2D eigenvalue weighted by atomic mass is 16.5. The summed E-state index contributed by atoms with van der Waals surface area (Å²) < 4.78 is 7.80. The molecular formula is C11H20N2O. The summed E-state index contributed by atoms with van der Waals surface area (Å²) in [6.45, 7) is 9.96. The van der Waals surface area contributed by atoms with E-state index in [2.05, 4.69) is 37.2 Å². The fourth-order valence-electron chi connectivity index (χ4n) is 1.31. The Morgan fingerprint density at radius 1 is 1.43 bits per heavy atom. The van der Waals surface area contributed by atoms with Crippen LogP contribution >= 0.6 is 0 Å². The third kappa shape index (κ3) is 3.50. The monoisotopic (exact) mass is 196 g/mol. The van der Waals surface area contributed by atoms with Crippen LogP contribution in [0.2, 0.25) is 0 Å². The normalized spacial score (nSPS) is 12.0. The highest BCUT2D eigenvalue weighted by Crippen LogP contribution is 2.07. The maximum atomic E-state index is 5.65. The number of hydrogen-bond donors (Lipinski definition) is 0. The van der Waals surface area contributed by atoms with Gasteiger partial charge in [-0.1, -0.05) is 6.92 Å². The van der Waals surface area contributed by atoms with Gasteiger partial charge in [-0.2, -0.15) is 0 Å². The van der Waals surface area contributed by atoms with Gasteiger partial charge in [0.1, 0.15) is 5.82 Å². The zero-order valence-corrected chi connectivity index (χ0v) is 9.58. The van der Waals surface area contributed by atoms with E-state index in [1.165, 1.54) is 0 Å². The molecule has 0 amide bonds. The van der Waals surface area contributed by atoms with Gasteiger partial charge < -0.3 is 9.30 Å². The quantitative estimate of drug-likeness (QED) is 0.738. The molecular weight excluding hydrogens is 176 g/mol. The van der Waals surface area contributed by atoms with Crippen molar-refractivity contribution in [3.63, 3.8) is 0 Å². The van der Waals surface area contributed by atoms with Gasteiger partial charge in [-0.15, -0.1) is 0 Å². The molecule has 0 aliphatic carbocycles. The Hall–Kier alpha value is -0.830. The van der Waals surface area contributed by atoms with Crippen LogP contribution in [-0.2, 0) is 17.7 Å². The molecule has 0 saturated heterocycles. The second-order valence-corrected chi connectivity index (χ2v) is 4.35. The second kappa shape index (κ2) is 4.60. The van der Waals surface area contributed by atoms with Crippen molar-refractivity contribution in [1.29, 1.82) is 0 Å². The second-order valence-electron chi connectivity index (χ2n) is 4.35. The Morgan fingerprint density at radius 2 is 2.14 bits per heavy atom. The van der Waals surface area contributed by atoms with Crippen LogP contribution in [0.1, 0.15) is 33.5 Å². The number of ether oxygens (including phenoxy) is 1. The van der Waals surface area contributed by atoms with Crippen molar-refractivity contribution < 1.29 is 4.74 Å². The molecule has 0 atom stereocenters. The summed E-state index contributed by atoms with van der Waals surface area (Å²) in [5.41, 5.74) is -0.0487. The van der Waals surface area contributed by atoms with Crippen molar-refractivity contribution >= 4 is 0 Å². The van der Waals surface area contributed by atoms with E-state index in [9.17, 15) is 0 Å². The molecule has 14 heavy (non-hydrogen) atoms. The largest absolute Gasteiger partial charge is 0.374 e. The number of aryl methyl sites for hydroxylation is 1. The molecule has 1 aromatic rings. The van der Waals surface area contributed by atoms with E-state index in [-0.39, 0.29) is 5.60 Å². The Balaban J connectivity index is 2.38. The lowest BCUT2D eigenvalue weighted by Crippen LogP contribution is -2.22. The third-order valence-electron chi connectivity index (χ3n) is 1.99. The Labute approximate surface area is 86.1 Å². The van der Waals surface area contributed by atoms with Crippen LogP contribution in [0.15, 0.2) is 12.4 Å². The zero-order valence-electron chi connectivity index (χ0n) is 9.58. The molecule has 0 saturated carbocycles. The lowest BCUT2D eigenvalue weighted by atomic mass is 10.2. The maximum Gasteiger partial charge on any atom is 0.108 e. The van der Waals surface area contributed by atoms with E-state index in [1.54, 1.807) is 0 Å². The van der Waals surface area contributed by atoms with Crippen LogP contribution in [0.4, 0.5) is 0 Å². The summed E-state index contributed by atoms with van der Waals surface area (Å²) in [5, 5.41) is 0. The van der Waals surface area contributed by atoms with Gasteiger partial charge in [0.05, 0.1) is 12.2 Å². The molecule has 3 heteroatoms. The highest BCUT2D eigenvalue weighted by molar-refractivity contribution is 4.91. The van der Waals surface area contributed by atoms with Gasteiger partial charge in [0.2, 0.25) is 0 Å². The molecule has 0 unspecified atom stereocenters. The average molecular weight is 196 g/mol. The van der Waals surface area contributed by atoms with Crippen molar-refractivity contribution in [2.24, 2.45) is 0 Å². The number of nitrogens with zero attached hydrogens (tertiary/aromatic N) is 2. The van der Waals surface area contributed by atoms with Crippen LogP contribution in [-0.4, -0.2) is 21.8 Å². The van der Waals surface area contributed by atoms with E-state index in [0.29, 0.717) is 0 Å². The molecule has 1 aromatic heterocycles. The average Bonchev–Trinajstić information content (AvgIpc) is 2.49. The highest BCUT2D eigenvalue weighted by Gasteiger charge is 2.09. The summed E-state index contributed by atoms with van der Waals surface area (Å²) in [6.07, 6.45) is 4.82. The third-order valence-corrected chi connectivity index (χ3v) is 1.99. The molecule has 1 rings (SSSR count). The number of rotatable bonds is 4. The van der Waals surface area contributed by atoms with Crippen molar-refractivity contribution in [2.75, 3.05) is 6.61 Å². The topological polar surface area (TPSA) is 27.1 Å². The van der Waals surface area contributed by atoms with E-state index in [4.69, 9.17) is 4.74 Å². The first-order valence-corrected chi connectivity index (χ1v) is 5.17. The van der Waals surface area contributed by atoms with Gasteiger partial charge in [0, 0.05) is 25.4 Å². The summed E-state index contributed by atoms with van der Waals surface area (Å²) in [6, 6.07) is 0. The van der Waals surface area contributed by atoms with Crippen molar-refractivity contribution in [3.8, 4) is 0 Å². The van der Waals surface area contributed by atoms with Crippen molar-refractivity contribution in [3.05, 3.63) is 18.2 Å². The van der Waals surface area contributed by atoms with Crippen molar-refractivity contribution in [1.82, 2.24) is 9.55 Å². The molecule has 1 heterocycles. The number of aromatic nitrogens is 2. The summed E-state index contributed by atoms with van der Waals surface area (Å²) >= 11 is 0. The maximum absolute atomic E-state index is 5.65. The van der Waals surface area contributed by atoms with Gasteiger partial charge in [0.25, 0.3) is 0 Å². The van der Waals surface area contributed by atoms with Gasteiger partial charge in [-0.25, -0.2) is 4.98 Å². The van der Waals surface area contributed by atoms with Crippen LogP contribution in [0.5, 0.6) is 0 Å². The zero-order chi connectivity index (χ0) is 10.6. The van der Waals surface area contributed by atoms with E-state index in [0.717, 1.165) is 25.4 Å². The minimum absolute atomic E-state index is 0.0487. The molecule has 0 aliphatic rings. The molecule has 0 spiro atoms. The molecule has 0 aromatic carbocycles. The lowest BCUT2D eigenvalue weighted by molar-refractivity contribution is -0.00705. The first-order chi connectivity index (χ1) is 6.53. The van der Waals surface area contributed by atoms with Gasteiger partial charge in [-0.05, 0) is 20.8 Å². The number of imidazole rings is 1. The standard InChI is InChI=1S/C11H20N2O/c1-5-10-12-6-7-13(10)8-9-14-11(2,3)4/h6-7H,5,8-9H2,1-4H3. The predicted octanol–water partition coefficient (Wildman–Crippen LogP) is 2.26. The summed E-state index contributed by atoms with van der Waals surface area (Å²) in [4.78, 5) is 4.26. The fourth-order valence-corrected chi connectivity index (χ4v) is 1.31. The Bertz CT molecular complexity index is 273. The van der Waals surface area contributed by atoms with Gasteiger partial charge >= 0.3 is 0 Å². The minimum Gasteiger partial charge on any atom is -0.374 e. The smallest absolute Gasteiger partial charge is 0.108 e. The Morgan fingerprint density at radius 3 is 2.71 bits per heavy atom. The van der Waals surface area contributed by atoms with Gasteiger partial charge in [0.15, 0.2) is 0 Å². The fraction of sp³-hybridized carbons (Fsp3) is 0.727. The number of hydrogen-bond acceptors (Lipinski definition) is 2. The molecule has 0 fully saturated rings. The SMILES string of the molecule is CCc1nccn1CCOC(C)(C)C. The molecule has 80 valence electrons. The van der Waals surface area contributed by atoms with Crippen LogP contribution in [0, 0.1) is 0 Å². The predicted molar refractivity (Wildman–Crippen MR) is 57.3 cm³/mol. The minimum atomic E-state index is -0.0487. The first-order valence-electron chi connectivity index (χ1n) is 5.17. The van der Waals surface area contributed by atoms with E-state index in [1.807, 2.05) is 12.4 Å². The van der Waals surface area contributed by atoms with Crippen LogP contribution in [0.25, 0.3) is 0 Å². The first kappa shape index (κ1) is 11.2. The van der Waals surface area contributed by atoms with Crippen LogP contribution < -0.4 is 0 Å². The summed E-state index contributed by atoms with van der Waals surface area (Å²) in [5.74, 6) is 1.13. The van der Waals surface area contributed by atoms with Crippen LogP contribution in [0.3, 0.4) is 0 Å². The summed E-state index contributed by atoms with van der Waals surface area (Å²) in [7, 11) is 0. The molecule has 0 aliphatic heterocycles. The van der Waals surface area contributed by atoms with E-state index < -0.39 is 0 Å². The van der Waals surface area contributed by atoms with Crippen molar-refractivity contribution in [2.45, 2.75) is 46.3 Å². The van der Waals surface area contributed by atoms with E-state index >= 15 is 0 Å². The van der Waals surface area contributed by atoms with Gasteiger partial charge in [-0.3, -0.25) is 0 Å². The molecule has 0 bridgehead atoms. The Kier molecular flexibility index (Phi) is 3.69. The molecule has 3 nitrogen and oxygen atoms in total. The molecule has 0 radical (unpaired) electrons. The lowest BCUT2D eigenvalue weighted by Gasteiger charge is -2.19.